The van der Waals surface area contributed by atoms with Gasteiger partial charge in [-0.3, -0.25) is 0 Å². The lowest BCUT2D eigenvalue weighted by Crippen LogP contribution is -2.74. The lowest BCUT2D eigenvalue weighted by Gasteiger charge is -2.43. The van der Waals surface area contributed by atoms with Crippen molar-refractivity contribution in [2.45, 2.75) is 74.0 Å². The Labute approximate surface area is 199 Å². The largest absolute Gasteiger partial charge is 0.478 e. The number of halogens is 17. The summed E-state index contributed by atoms with van der Waals surface area (Å²) >= 11 is 0. The van der Waals surface area contributed by atoms with E-state index >= 15 is 0 Å². The molecule has 38 heavy (non-hydrogen) atoms. The van der Waals surface area contributed by atoms with Gasteiger partial charge in [-0.15, -0.1) is 0 Å². The van der Waals surface area contributed by atoms with E-state index in [4.69, 9.17) is 5.11 Å². The van der Waals surface area contributed by atoms with Crippen LogP contribution in [0.3, 0.4) is 0 Å². The number of ether oxygens (including phenoxy) is 1. The lowest BCUT2D eigenvalue weighted by atomic mass is 9.86. The summed E-state index contributed by atoms with van der Waals surface area (Å²) in [5, 5.41) is 8.29. The van der Waals surface area contributed by atoms with Gasteiger partial charge in [0.2, 0.25) is 0 Å². The van der Waals surface area contributed by atoms with Crippen LogP contribution in [0.5, 0.6) is 0 Å². The number of aliphatic carboxylic acids is 1. The lowest BCUT2D eigenvalue weighted by molar-refractivity contribution is -0.462. The van der Waals surface area contributed by atoms with Crippen molar-refractivity contribution >= 4 is 11.9 Å². The standard InChI is InChI=1S/C17H13F17O4/c1-6(2)7(38-9(37)4-3-8(35)36)5-10(18,19)11(20,21)12(22,23)13(24,25)14(26,27)15(28,29)16(30,31)17(32,33)34/h3-4,6-7H,5H2,1-2H3,(H,35,36)/b4-3+. The monoisotopic (exact) mass is 604 g/mol. The van der Waals surface area contributed by atoms with E-state index in [0.29, 0.717) is 0 Å². The fraction of sp³-hybridized carbons (Fsp3) is 0.765. The first-order valence-corrected chi connectivity index (χ1v) is 9.19. The molecule has 1 unspecified atom stereocenters. The van der Waals surface area contributed by atoms with Gasteiger partial charge >= 0.3 is 59.6 Å². The molecule has 0 aliphatic rings. The second-order valence-electron chi connectivity index (χ2n) is 7.74. The minimum Gasteiger partial charge on any atom is -0.478 e. The summed E-state index contributed by atoms with van der Waals surface area (Å²) in [7, 11) is 0. The van der Waals surface area contributed by atoms with Crippen molar-refractivity contribution in [1.82, 2.24) is 0 Å². The van der Waals surface area contributed by atoms with E-state index < -0.39 is 78.0 Å². The molecule has 0 aliphatic carbocycles. The summed E-state index contributed by atoms with van der Waals surface area (Å²) < 4.78 is 230. The number of carboxylic acid groups (broad SMARTS) is 1. The molecule has 0 bridgehead atoms. The minimum atomic E-state index is -8.74. The van der Waals surface area contributed by atoms with Gasteiger partial charge in [0.25, 0.3) is 0 Å². The first kappa shape index (κ1) is 35.5. The molecule has 0 aromatic rings. The van der Waals surface area contributed by atoms with Crippen LogP contribution in [-0.2, 0) is 14.3 Å². The van der Waals surface area contributed by atoms with E-state index in [1.165, 1.54) is 0 Å². The average Bonchev–Trinajstić information content (AvgIpc) is 2.69. The van der Waals surface area contributed by atoms with Crippen molar-refractivity contribution in [3.63, 3.8) is 0 Å². The Morgan fingerprint density at radius 1 is 0.632 bits per heavy atom. The summed E-state index contributed by atoms with van der Waals surface area (Å²) in [5.41, 5.74) is 0. The summed E-state index contributed by atoms with van der Waals surface area (Å²) in [6.07, 6.45) is -13.6. The van der Waals surface area contributed by atoms with E-state index in [1.54, 1.807) is 0 Å². The second kappa shape index (κ2) is 10.2. The molecule has 0 saturated carbocycles. The number of hydrogen-bond donors (Lipinski definition) is 1. The highest BCUT2D eigenvalue weighted by molar-refractivity contribution is 5.90. The number of carbonyl (C=O) groups is 2. The number of hydrogen-bond acceptors (Lipinski definition) is 3. The highest BCUT2D eigenvalue weighted by Crippen LogP contribution is 2.64. The van der Waals surface area contributed by atoms with Gasteiger partial charge in [0.05, 0.1) is 6.42 Å². The van der Waals surface area contributed by atoms with Crippen molar-refractivity contribution in [1.29, 1.82) is 0 Å². The number of carboxylic acids is 1. The van der Waals surface area contributed by atoms with Crippen LogP contribution < -0.4 is 0 Å². The highest BCUT2D eigenvalue weighted by Gasteiger charge is 2.95. The molecular formula is C17H13F17O4. The van der Waals surface area contributed by atoms with Crippen molar-refractivity contribution in [3.8, 4) is 0 Å². The molecule has 1 atom stereocenters. The molecule has 224 valence electrons. The third-order valence-electron chi connectivity index (χ3n) is 4.62. The molecule has 21 heteroatoms. The Balaban J connectivity index is 6.60. The van der Waals surface area contributed by atoms with Gasteiger partial charge in [0.1, 0.15) is 6.10 Å². The zero-order valence-electron chi connectivity index (χ0n) is 18.1. The topological polar surface area (TPSA) is 63.6 Å². The molecular weight excluding hydrogens is 591 g/mol. The molecule has 0 spiro atoms. The van der Waals surface area contributed by atoms with E-state index in [1.807, 2.05) is 0 Å². The third kappa shape index (κ3) is 5.74. The second-order valence-corrected chi connectivity index (χ2v) is 7.74. The molecule has 0 aromatic heterocycles. The van der Waals surface area contributed by atoms with Crippen LogP contribution in [0.15, 0.2) is 12.2 Å². The Kier molecular flexibility index (Phi) is 9.56. The Hall–Kier alpha value is -2.51. The van der Waals surface area contributed by atoms with E-state index in [-0.39, 0.29) is 12.2 Å². The summed E-state index contributed by atoms with van der Waals surface area (Å²) in [6, 6.07) is 0. The Morgan fingerprint density at radius 3 is 1.29 bits per heavy atom. The smallest absolute Gasteiger partial charge is 0.460 e. The fourth-order valence-corrected chi connectivity index (χ4v) is 2.32. The third-order valence-corrected chi connectivity index (χ3v) is 4.62. The van der Waals surface area contributed by atoms with Gasteiger partial charge in [-0.1, -0.05) is 13.8 Å². The van der Waals surface area contributed by atoms with E-state index in [2.05, 4.69) is 4.74 Å². The predicted molar refractivity (Wildman–Crippen MR) is 86.8 cm³/mol. The Bertz CT molecular complexity index is 905. The highest BCUT2D eigenvalue weighted by atomic mass is 19.4. The summed E-state index contributed by atoms with van der Waals surface area (Å²) in [5.74, 6) is -62.9. The molecule has 0 heterocycles. The molecule has 0 aliphatic heterocycles. The summed E-state index contributed by atoms with van der Waals surface area (Å²) in [6.45, 7) is 1.46. The Morgan fingerprint density at radius 2 is 0.974 bits per heavy atom. The quantitative estimate of drug-likeness (QED) is 0.155. The maximum Gasteiger partial charge on any atom is 0.460 e. The number of esters is 1. The average molecular weight is 604 g/mol. The number of carbonyl (C=O) groups excluding carboxylic acids is 1. The normalized spacial score (nSPS) is 16.2. The summed E-state index contributed by atoms with van der Waals surface area (Å²) in [4.78, 5) is 21.6. The molecule has 1 N–H and O–H groups in total. The van der Waals surface area contributed by atoms with Crippen LogP contribution >= 0.6 is 0 Å². The maximum absolute atomic E-state index is 14.1. The maximum atomic E-state index is 14.1. The molecule has 0 radical (unpaired) electrons. The van der Waals surface area contributed by atoms with Crippen LogP contribution in [0.4, 0.5) is 74.6 Å². The van der Waals surface area contributed by atoms with Crippen LogP contribution in [0.1, 0.15) is 20.3 Å². The van der Waals surface area contributed by atoms with Crippen molar-refractivity contribution < 1.29 is 94.1 Å². The molecule has 0 amide bonds. The minimum absolute atomic E-state index is 0.0137. The van der Waals surface area contributed by atoms with Crippen LogP contribution in [0.2, 0.25) is 0 Å². The first-order valence-electron chi connectivity index (χ1n) is 9.19. The SMILES string of the molecule is CC(C)C(CC(F)(F)C(F)(F)C(F)(F)C(F)(F)C(F)(F)C(F)(F)C(F)(F)C(F)(F)F)OC(=O)/C=C/C(=O)O. The number of alkyl halides is 17. The van der Waals surface area contributed by atoms with Crippen LogP contribution in [0.25, 0.3) is 0 Å². The van der Waals surface area contributed by atoms with Crippen LogP contribution in [0, 0.1) is 5.92 Å². The fourth-order valence-electron chi connectivity index (χ4n) is 2.32. The molecule has 0 rings (SSSR count). The predicted octanol–water partition coefficient (Wildman–Crippen LogP) is 6.59. The van der Waals surface area contributed by atoms with Gasteiger partial charge in [0.15, 0.2) is 0 Å². The van der Waals surface area contributed by atoms with Gasteiger partial charge < -0.3 is 9.84 Å². The van der Waals surface area contributed by atoms with Crippen molar-refractivity contribution in [2.24, 2.45) is 5.92 Å². The zero-order chi connectivity index (χ0) is 31.1. The van der Waals surface area contributed by atoms with Gasteiger partial charge in [-0.25, -0.2) is 9.59 Å². The van der Waals surface area contributed by atoms with E-state index in [9.17, 15) is 84.2 Å². The molecule has 0 aromatic carbocycles. The molecule has 4 nitrogen and oxygen atoms in total. The number of rotatable bonds is 12. The van der Waals surface area contributed by atoms with Gasteiger partial charge in [-0.05, 0) is 5.92 Å². The zero-order valence-corrected chi connectivity index (χ0v) is 18.1. The van der Waals surface area contributed by atoms with E-state index in [0.717, 1.165) is 13.8 Å². The van der Waals surface area contributed by atoms with Crippen molar-refractivity contribution in [3.05, 3.63) is 12.2 Å². The van der Waals surface area contributed by atoms with Crippen LogP contribution in [-0.4, -0.2) is 70.8 Å². The van der Waals surface area contributed by atoms with Crippen molar-refractivity contribution in [2.75, 3.05) is 0 Å². The van der Waals surface area contributed by atoms with Gasteiger partial charge in [0, 0.05) is 12.2 Å². The first-order chi connectivity index (χ1) is 16.4. The molecule has 0 fully saturated rings. The molecule has 0 saturated heterocycles. The van der Waals surface area contributed by atoms with Gasteiger partial charge in [-0.2, -0.15) is 74.6 Å².